The minimum atomic E-state index is 0.549. The largest absolute Gasteiger partial charge is 0.316 e. The molecule has 5 heteroatoms. The second-order valence-corrected chi connectivity index (χ2v) is 7.12. The summed E-state index contributed by atoms with van der Waals surface area (Å²) < 4.78 is 3.20. The van der Waals surface area contributed by atoms with Crippen LogP contribution in [-0.2, 0) is 0 Å². The van der Waals surface area contributed by atoms with Gasteiger partial charge in [-0.2, -0.15) is 5.10 Å². The maximum Gasteiger partial charge on any atom is 0.169 e. The molecule has 21 heavy (non-hydrogen) atoms. The molecule has 3 heterocycles. The molecule has 0 radical (unpaired) electrons. The molecule has 1 N–H and O–H groups in total. The highest BCUT2D eigenvalue weighted by molar-refractivity contribution is 9.10. The molecule has 0 amide bonds. The summed E-state index contributed by atoms with van der Waals surface area (Å²) in [6.07, 6.45) is 9.61. The zero-order chi connectivity index (χ0) is 14.2. The van der Waals surface area contributed by atoms with Crippen LogP contribution in [0.1, 0.15) is 61.7 Å². The van der Waals surface area contributed by atoms with Gasteiger partial charge in [-0.05, 0) is 54.2 Å². The Balaban J connectivity index is 1.79. The molecule has 112 valence electrons. The fourth-order valence-electron chi connectivity index (χ4n) is 3.83. The number of piperidine rings is 1. The normalized spacial score (nSPS) is 24.0. The number of aromatic nitrogens is 3. The average Bonchev–Trinajstić information content (AvgIpc) is 3.16. The van der Waals surface area contributed by atoms with Crippen LogP contribution in [0, 0.1) is 0 Å². The number of fused-ring (bicyclic) bond motifs is 1. The van der Waals surface area contributed by atoms with Gasteiger partial charge in [0, 0.05) is 24.6 Å². The molecule has 0 spiro atoms. The van der Waals surface area contributed by atoms with Crippen LogP contribution in [0.3, 0.4) is 0 Å². The summed E-state index contributed by atoms with van der Waals surface area (Å²) in [5.74, 6) is 1.16. The highest BCUT2D eigenvalue weighted by Gasteiger charge is 2.26. The van der Waals surface area contributed by atoms with Crippen molar-refractivity contribution < 1.29 is 0 Å². The van der Waals surface area contributed by atoms with Crippen molar-refractivity contribution in [1.29, 1.82) is 0 Å². The van der Waals surface area contributed by atoms with E-state index in [2.05, 4.69) is 36.8 Å². The summed E-state index contributed by atoms with van der Waals surface area (Å²) in [4.78, 5) is 4.56. The third-order valence-corrected chi connectivity index (χ3v) is 5.73. The Labute approximate surface area is 133 Å². The van der Waals surface area contributed by atoms with E-state index in [0.717, 1.165) is 23.2 Å². The predicted molar refractivity (Wildman–Crippen MR) is 86.7 cm³/mol. The molecule has 2 aromatic heterocycles. The van der Waals surface area contributed by atoms with Gasteiger partial charge in [-0.3, -0.25) is 0 Å². The molecule has 2 aliphatic rings. The first-order chi connectivity index (χ1) is 10.3. The summed E-state index contributed by atoms with van der Waals surface area (Å²) in [5, 5.41) is 8.45. The highest BCUT2D eigenvalue weighted by Crippen LogP contribution is 2.38. The van der Waals surface area contributed by atoms with E-state index in [1.807, 2.05) is 6.20 Å². The first-order valence-electron chi connectivity index (χ1n) is 8.08. The minimum Gasteiger partial charge on any atom is -0.316 e. The lowest BCUT2D eigenvalue weighted by atomic mass is 9.96. The topological polar surface area (TPSA) is 42.2 Å². The number of nitrogens with zero attached hydrogens (tertiary/aromatic N) is 3. The van der Waals surface area contributed by atoms with Crippen LogP contribution in [0.5, 0.6) is 0 Å². The van der Waals surface area contributed by atoms with Crippen molar-refractivity contribution in [3.05, 3.63) is 28.1 Å². The Morgan fingerprint density at radius 3 is 2.71 bits per heavy atom. The quantitative estimate of drug-likeness (QED) is 0.901. The summed E-state index contributed by atoms with van der Waals surface area (Å²) in [6.45, 7) is 2.19. The van der Waals surface area contributed by atoms with Crippen molar-refractivity contribution in [2.24, 2.45) is 0 Å². The van der Waals surface area contributed by atoms with Crippen molar-refractivity contribution in [3.8, 4) is 0 Å². The SMILES string of the molecule is Brc1c(C2CCCC2)nn2c(C3CCCNC3)ccnc12. The molecule has 2 aromatic rings. The number of rotatable bonds is 2. The number of nitrogens with one attached hydrogen (secondary N) is 1. The van der Waals surface area contributed by atoms with Crippen molar-refractivity contribution in [2.45, 2.75) is 50.4 Å². The van der Waals surface area contributed by atoms with E-state index in [-0.39, 0.29) is 0 Å². The number of hydrogen-bond donors (Lipinski definition) is 1. The van der Waals surface area contributed by atoms with Crippen molar-refractivity contribution >= 4 is 21.6 Å². The van der Waals surface area contributed by atoms with E-state index in [4.69, 9.17) is 5.10 Å². The number of hydrogen-bond acceptors (Lipinski definition) is 3. The summed E-state index contributed by atoms with van der Waals surface area (Å²) in [5.41, 5.74) is 3.51. The van der Waals surface area contributed by atoms with Crippen LogP contribution in [0.2, 0.25) is 0 Å². The maximum atomic E-state index is 4.95. The van der Waals surface area contributed by atoms with Gasteiger partial charge in [0.05, 0.1) is 15.9 Å². The molecule has 0 aromatic carbocycles. The zero-order valence-corrected chi connectivity index (χ0v) is 13.8. The molecule has 1 saturated heterocycles. The van der Waals surface area contributed by atoms with E-state index in [9.17, 15) is 0 Å². The van der Waals surface area contributed by atoms with Crippen LogP contribution >= 0.6 is 15.9 Å². The van der Waals surface area contributed by atoms with E-state index < -0.39 is 0 Å². The first kappa shape index (κ1) is 13.7. The fraction of sp³-hybridized carbons (Fsp3) is 0.625. The standard InChI is InChI=1S/C16H21BrN4/c17-14-15(11-4-1-2-5-11)20-21-13(7-9-19-16(14)21)12-6-3-8-18-10-12/h7,9,11-12,18H,1-6,8,10H2. The lowest BCUT2D eigenvalue weighted by molar-refractivity contribution is 0.447. The Kier molecular flexibility index (Phi) is 3.71. The molecule has 1 unspecified atom stereocenters. The summed E-state index contributed by atoms with van der Waals surface area (Å²) in [6, 6.07) is 2.14. The molecule has 1 aliphatic heterocycles. The van der Waals surface area contributed by atoms with Crippen molar-refractivity contribution in [1.82, 2.24) is 19.9 Å². The molecule has 4 nitrogen and oxygen atoms in total. The molecule has 2 fully saturated rings. The molecule has 1 atom stereocenters. The molecule has 4 rings (SSSR count). The third-order valence-electron chi connectivity index (χ3n) is 4.97. The lowest BCUT2D eigenvalue weighted by Gasteiger charge is -2.23. The lowest BCUT2D eigenvalue weighted by Crippen LogP contribution is -2.29. The molecule has 0 bridgehead atoms. The van der Waals surface area contributed by atoms with Gasteiger partial charge in [0.25, 0.3) is 0 Å². The van der Waals surface area contributed by atoms with Gasteiger partial charge in [-0.1, -0.05) is 12.8 Å². The van der Waals surface area contributed by atoms with Crippen LogP contribution < -0.4 is 5.32 Å². The van der Waals surface area contributed by atoms with Gasteiger partial charge < -0.3 is 5.32 Å². The fourth-order valence-corrected chi connectivity index (χ4v) is 4.50. The Bertz CT molecular complexity index is 639. The Morgan fingerprint density at radius 1 is 1.14 bits per heavy atom. The summed E-state index contributed by atoms with van der Waals surface area (Å²) >= 11 is 3.76. The van der Waals surface area contributed by atoms with Gasteiger partial charge in [0.2, 0.25) is 0 Å². The zero-order valence-electron chi connectivity index (χ0n) is 12.2. The number of halogens is 1. The van der Waals surface area contributed by atoms with E-state index >= 15 is 0 Å². The highest BCUT2D eigenvalue weighted by atomic mass is 79.9. The smallest absolute Gasteiger partial charge is 0.169 e. The monoisotopic (exact) mass is 348 g/mol. The van der Waals surface area contributed by atoms with Gasteiger partial charge in [-0.15, -0.1) is 0 Å². The van der Waals surface area contributed by atoms with Gasteiger partial charge in [0.1, 0.15) is 0 Å². The first-order valence-corrected chi connectivity index (χ1v) is 8.87. The van der Waals surface area contributed by atoms with Crippen LogP contribution in [0.4, 0.5) is 0 Å². The van der Waals surface area contributed by atoms with Gasteiger partial charge >= 0.3 is 0 Å². The predicted octanol–water partition coefficient (Wildman–Crippen LogP) is 3.62. The van der Waals surface area contributed by atoms with Crippen LogP contribution in [-0.4, -0.2) is 27.7 Å². The average molecular weight is 349 g/mol. The van der Waals surface area contributed by atoms with Crippen molar-refractivity contribution in [3.63, 3.8) is 0 Å². The van der Waals surface area contributed by atoms with E-state index in [1.165, 1.54) is 49.9 Å². The maximum absolute atomic E-state index is 4.95. The Hall–Kier alpha value is -0.940. The minimum absolute atomic E-state index is 0.549. The summed E-state index contributed by atoms with van der Waals surface area (Å²) in [7, 11) is 0. The van der Waals surface area contributed by atoms with Crippen molar-refractivity contribution in [2.75, 3.05) is 13.1 Å². The molecular formula is C16H21BrN4. The second kappa shape index (κ2) is 5.69. The molecule has 1 saturated carbocycles. The van der Waals surface area contributed by atoms with Gasteiger partial charge in [-0.25, -0.2) is 9.50 Å². The van der Waals surface area contributed by atoms with E-state index in [1.54, 1.807) is 0 Å². The third kappa shape index (κ3) is 2.40. The van der Waals surface area contributed by atoms with E-state index in [0.29, 0.717) is 11.8 Å². The Morgan fingerprint density at radius 2 is 1.95 bits per heavy atom. The molecule has 1 aliphatic carbocycles. The second-order valence-electron chi connectivity index (χ2n) is 6.33. The van der Waals surface area contributed by atoms with Crippen LogP contribution in [0.25, 0.3) is 5.65 Å². The van der Waals surface area contributed by atoms with Gasteiger partial charge in [0.15, 0.2) is 5.65 Å². The van der Waals surface area contributed by atoms with Crippen LogP contribution in [0.15, 0.2) is 16.7 Å². The molecular weight excluding hydrogens is 328 g/mol.